The van der Waals surface area contributed by atoms with E-state index in [9.17, 15) is 38.6 Å². The molecule has 0 aliphatic carbocycles. The first kappa shape index (κ1) is 37.5. The molecule has 18 heteroatoms. The number of hydrogen-bond acceptors (Lipinski definition) is 8. The van der Waals surface area contributed by atoms with Crippen LogP contribution in [0.1, 0.15) is 18.9 Å². The molecule has 3 aromatic rings. The Labute approximate surface area is 319 Å². The number of anilines is 1. The molecule has 4 amide bonds. The number of benzene rings is 2. The highest BCUT2D eigenvalue weighted by Crippen LogP contribution is 2.47. The highest BCUT2D eigenvalue weighted by Gasteiger charge is 2.57. The molecule has 0 radical (unpaired) electrons. The van der Waals surface area contributed by atoms with Gasteiger partial charge in [0.25, 0.3) is 11.8 Å². The van der Waals surface area contributed by atoms with Gasteiger partial charge in [0.05, 0.1) is 15.1 Å². The number of halogens is 4. The number of carbonyl (C=O) groups excluding carboxylic acids is 4. The molecular weight excluding hydrogens is 780 g/mol. The summed E-state index contributed by atoms with van der Waals surface area (Å²) in [4.78, 5) is 67.8. The maximum atomic E-state index is 13.6. The van der Waals surface area contributed by atoms with Gasteiger partial charge in [-0.15, -0.1) is 11.8 Å². The van der Waals surface area contributed by atoms with Crippen molar-refractivity contribution in [2.45, 2.75) is 42.7 Å². The summed E-state index contributed by atoms with van der Waals surface area (Å²) in [5.74, 6) is -4.23. The van der Waals surface area contributed by atoms with E-state index < -0.39 is 46.7 Å². The van der Waals surface area contributed by atoms with Gasteiger partial charge in [-0.05, 0) is 59.8 Å². The molecule has 270 valence electrons. The minimum absolute atomic E-state index is 0.0599. The number of likely N-dealkylation sites (tertiary alicyclic amines) is 1. The van der Waals surface area contributed by atoms with E-state index >= 15 is 0 Å². The zero-order chi connectivity index (χ0) is 37.4. The molecule has 1 aromatic heterocycles. The molecule has 3 aliphatic rings. The number of phenols is 1. The number of fused-ring (bicyclic) bond motifs is 1. The number of carboxylic acid groups (broad SMARTS) is 1. The number of nitrogens with zero attached hydrogens (tertiary/aromatic N) is 4. The summed E-state index contributed by atoms with van der Waals surface area (Å²) in [6.07, 6.45) is 5.25. The largest absolute Gasteiger partial charge is 0.505 e. The minimum atomic E-state index is -1.33. The van der Waals surface area contributed by atoms with Gasteiger partial charge in [-0.3, -0.25) is 28.4 Å². The van der Waals surface area contributed by atoms with Crippen molar-refractivity contribution in [3.05, 3.63) is 104 Å². The Morgan fingerprint density at radius 3 is 2.48 bits per heavy atom. The molecule has 0 saturated carbocycles. The fraction of sp³-hybridized carbons (Fsp3) is 0.235. The van der Waals surface area contributed by atoms with Gasteiger partial charge in [0, 0.05) is 60.1 Å². The van der Waals surface area contributed by atoms with E-state index in [-0.39, 0.29) is 51.2 Å². The Bertz CT molecular complexity index is 2080. The van der Waals surface area contributed by atoms with E-state index in [1.54, 1.807) is 40.1 Å². The number of rotatable bonds is 10. The average molecular weight is 808 g/mol. The van der Waals surface area contributed by atoms with Crippen LogP contribution in [0.2, 0.25) is 15.1 Å². The van der Waals surface area contributed by atoms with Crippen LogP contribution >= 0.6 is 58.5 Å². The summed E-state index contributed by atoms with van der Waals surface area (Å²) in [5.41, 5.74) is 1.47. The number of hydrogen-bond donors (Lipinski definition) is 3. The third-order valence-corrected chi connectivity index (χ3v) is 12.0. The Morgan fingerprint density at radius 1 is 1.10 bits per heavy atom. The van der Waals surface area contributed by atoms with Crippen LogP contribution in [0.3, 0.4) is 0 Å². The van der Waals surface area contributed by atoms with Gasteiger partial charge >= 0.3 is 5.97 Å². The second-order valence-electron chi connectivity index (χ2n) is 11.9. The highest BCUT2D eigenvalue weighted by molar-refractivity contribution is 8.00. The van der Waals surface area contributed by atoms with Gasteiger partial charge in [0.2, 0.25) is 18.4 Å². The third-order valence-electron chi connectivity index (χ3n) is 8.36. The number of pyridine rings is 1. The summed E-state index contributed by atoms with van der Waals surface area (Å²) in [6.45, 7) is 1.89. The van der Waals surface area contributed by atoms with E-state index in [2.05, 4.69) is 5.32 Å². The first-order chi connectivity index (χ1) is 24.7. The predicted molar refractivity (Wildman–Crippen MR) is 193 cm³/mol. The van der Waals surface area contributed by atoms with Crippen LogP contribution in [0, 0.1) is 5.82 Å². The molecule has 3 N–H and O–H groups in total. The number of aromatic nitrogens is 1. The number of carbonyl (C=O) groups is 5. The van der Waals surface area contributed by atoms with Gasteiger partial charge < -0.3 is 20.4 Å². The zero-order valence-electron chi connectivity index (χ0n) is 27.0. The molecule has 52 heavy (non-hydrogen) atoms. The van der Waals surface area contributed by atoms with Crippen molar-refractivity contribution in [1.82, 2.24) is 14.1 Å². The van der Waals surface area contributed by atoms with E-state index in [1.807, 2.05) is 0 Å². The lowest BCUT2D eigenvalue weighted by atomic mass is 10.0. The normalized spacial score (nSPS) is 19.1. The van der Waals surface area contributed by atoms with Gasteiger partial charge in [0.15, 0.2) is 30.0 Å². The zero-order valence-corrected chi connectivity index (χ0v) is 30.9. The number of amides is 4. The van der Waals surface area contributed by atoms with Crippen LogP contribution in [-0.4, -0.2) is 77.6 Å². The van der Waals surface area contributed by atoms with Crippen LogP contribution in [-0.2, 0) is 37.1 Å². The molecule has 12 nitrogen and oxygen atoms in total. The maximum absolute atomic E-state index is 13.6. The standard InChI is InChI=1S/C34H27Cl3FN5O7S2/c1-17(44)43(52-27-13-23(36)22(35)12-24(27)37)30-32(48)42-29(34(49)50)20(16-51-33(30)42)10-19-6-9-41(31(19)47)14-18-4-7-40(8-5-18)15-28(46)39-21-2-3-26(45)25(38)11-21/h2-5,7-8,10-13,30,33H,6,9,14-16H2,1H3,(H2-,39,45,46,49,50)/p+1/b19-10+/t30-,33-/m1/s1. The van der Waals surface area contributed by atoms with Crippen LogP contribution in [0.5, 0.6) is 5.75 Å². The number of aliphatic carboxylic acids is 1. The first-order valence-corrected chi connectivity index (χ1v) is 18.5. The lowest BCUT2D eigenvalue weighted by Gasteiger charge is -2.52. The van der Waals surface area contributed by atoms with Crippen molar-refractivity contribution in [3.8, 4) is 5.75 Å². The lowest BCUT2D eigenvalue weighted by Crippen LogP contribution is -2.69. The first-order valence-electron chi connectivity index (χ1n) is 15.5. The van der Waals surface area contributed by atoms with Crippen LogP contribution in [0.4, 0.5) is 10.1 Å². The number of nitrogens with one attached hydrogen (secondary N) is 1. The van der Waals surface area contributed by atoms with E-state index in [4.69, 9.17) is 34.8 Å². The molecule has 4 heterocycles. The predicted octanol–water partition coefficient (Wildman–Crippen LogP) is 5.25. The molecule has 2 aromatic carbocycles. The molecule has 0 unspecified atom stereocenters. The number of β-lactam (4-membered cyclic amide) rings is 1. The fourth-order valence-electron chi connectivity index (χ4n) is 5.85. The Kier molecular flexibility index (Phi) is 11.1. The van der Waals surface area contributed by atoms with Gasteiger partial charge in [0.1, 0.15) is 11.1 Å². The second kappa shape index (κ2) is 15.4. The topological polar surface area (TPSA) is 151 Å². The monoisotopic (exact) mass is 806 g/mol. The van der Waals surface area contributed by atoms with Gasteiger partial charge in [-0.25, -0.2) is 9.18 Å². The van der Waals surface area contributed by atoms with Crippen LogP contribution in [0.25, 0.3) is 0 Å². The number of aromatic hydroxyl groups is 1. The van der Waals surface area contributed by atoms with Crippen LogP contribution < -0.4 is 9.88 Å². The smallest absolute Gasteiger partial charge is 0.352 e. The second-order valence-corrected chi connectivity index (χ2v) is 15.2. The summed E-state index contributed by atoms with van der Waals surface area (Å²) < 4.78 is 16.4. The number of allylic oxidation sites excluding steroid dienone is 1. The highest BCUT2D eigenvalue weighted by atomic mass is 35.5. The molecule has 0 spiro atoms. The van der Waals surface area contributed by atoms with E-state index in [1.165, 1.54) is 41.2 Å². The summed E-state index contributed by atoms with van der Waals surface area (Å²) in [7, 11) is 0. The summed E-state index contributed by atoms with van der Waals surface area (Å²) in [5, 5.41) is 22.1. The number of carboxylic acids is 1. The van der Waals surface area contributed by atoms with Crippen molar-refractivity contribution < 1.29 is 43.1 Å². The quantitative estimate of drug-likeness (QED) is 0.0623. The molecule has 3 aliphatic heterocycles. The van der Waals surface area contributed by atoms with Crippen molar-refractivity contribution in [1.29, 1.82) is 0 Å². The SMILES string of the molecule is CC(=O)N(Sc1cc(Cl)c(Cl)cc1Cl)[C@@H]1C(=O)N2C(C(=O)O)=C(/C=C3\CCN(Cc4cc[n+](CC(=O)Nc5ccc(O)c(F)c5)cc4)C3=O)CS[C@H]12. The fourth-order valence-corrected chi connectivity index (χ4v) is 8.96. The number of thioether (sulfide) groups is 1. The Morgan fingerprint density at radius 2 is 1.81 bits per heavy atom. The third kappa shape index (κ3) is 7.74. The molecule has 2 atom stereocenters. The number of phenolic OH excluding ortho intramolecular Hbond substituents is 1. The van der Waals surface area contributed by atoms with Crippen molar-refractivity contribution in [2.24, 2.45) is 0 Å². The van der Waals surface area contributed by atoms with Gasteiger partial charge in [-0.2, -0.15) is 4.57 Å². The lowest BCUT2D eigenvalue weighted by molar-refractivity contribution is -0.684. The van der Waals surface area contributed by atoms with E-state index in [0.717, 1.165) is 34.5 Å². The summed E-state index contributed by atoms with van der Waals surface area (Å²) in [6, 6.07) is 8.99. The Hall–Kier alpha value is -4.28. The average Bonchev–Trinajstić information content (AvgIpc) is 3.42. The molecular formula is C34H28Cl3FN5O7S2+. The Balaban J connectivity index is 1.11. The molecule has 2 saturated heterocycles. The van der Waals surface area contributed by atoms with Gasteiger partial charge in [-0.1, -0.05) is 34.8 Å². The van der Waals surface area contributed by atoms with Crippen molar-refractivity contribution in [2.75, 3.05) is 17.6 Å². The van der Waals surface area contributed by atoms with Crippen LogP contribution in [0.15, 0.2) is 82.7 Å². The molecule has 6 rings (SSSR count). The summed E-state index contributed by atoms with van der Waals surface area (Å²) >= 11 is 20.7. The van der Waals surface area contributed by atoms with E-state index in [0.29, 0.717) is 29.0 Å². The van der Waals surface area contributed by atoms with Crippen molar-refractivity contribution in [3.63, 3.8) is 0 Å². The molecule has 2 fully saturated rings. The van der Waals surface area contributed by atoms with Crippen molar-refractivity contribution >= 4 is 93.8 Å². The maximum Gasteiger partial charge on any atom is 0.352 e. The molecule has 0 bridgehead atoms. The minimum Gasteiger partial charge on any atom is -0.505 e.